The Morgan fingerprint density at radius 1 is 0.933 bits per heavy atom. The van der Waals surface area contributed by atoms with Gasteiger partial charge in [0.1, 0.15) is 0 Å². The van der Waals surface area contributed by atoms with Crippen LogP contribution in [0.3, 0.4) is 0 Å². The molecule has 4 rings (SSSR count). The van der Waals surface area contributed by atoms with Gasteiger partial charge >= 0.3 is 0 Å². The Morgan fingerprint density at radius 2 is 1.63 bits per heavy atom. The van der Waals surface area contributed by atoms with Gasteiger partial charge in [-0.1, -0.05) is 48.0 Å². The van der Waals surface area contributed by atoms with Crippen LogP contribution in [0.5, 0.6) is 0 Å². The number of carbonyl (C=O) groups is 2. The Bertz CT molecular complexity index is 1060. The molecule has 1 atom stereocenters. The van der Waals surface area contributed by atoms with Gasteiger partial charge in [-0.15, -0.1) is 0 Å². The Morgan fingerprint density at radius 3 is 2.37 bits per heavy atom. The van der Waals surface area contributed by atoms with Crippen LogP contribution in [-0.2, 0) is 6.42 Å². The second-order valence-electron chi connectivity index (χ2n) is 7.88. The molecule has 0 saturated heterocycles. The van der Waals surface area contributed by atoms with Gasteiger partial charge in [-0.3, -0.25) is 9.59 Å². The average molecular weight is 399 g/mol. The number of hydrogen-bond donors (Lipinski definition) is 1. The van der Waals surface area contributed by atoms with Crippen LogP contribution in [-0.4, -0.2) is 18.4 Å². The highest BCUT2D eigenvalue weighted by Gasteiger charge is 2.24. The van der Waals surface area contributed by atoms with Crippen LogP contribution in [0.25, 0.3) is 0 Å². The Kier molecular flexibility index (Phi) is 5.66. The molecule has 1 aliphatic heterocycles. The van der Waals surface area contributed by atoms with Crippen LogP contribution in [0.4, 0.5) is 5.69 Å². The van der Waals surface area contributed by atoms with Crippen LogP contribution < -0.4 is 10.2 Å². The summed E-state index contributed by atoms with van der Waals surface area (Å²) in [7, 11) is 0. The Hall–Kier alpha value is -3.40. The van der Waals surface area contributed by atoms with Crippen LogP contribution in [0, 0.1) is 6.92 Å². The summed E-state index contributed by atoms with van der Waals surface area (Å²) < 4.78 is 0. The van der Waals surface area contributed by atoms with E-state index < -0.39 is 0 Å². The van der Waals surface area contributed by atoms with E-state index >= 15 is 0 Å². The third-order valence-corrected chi connectivity index (χ3v) is 5.65. The lowest BCUT2D eigenvalue weighted by atomic mass is 9.97. The molecule has 4 nitrogen and oxygen atoms in total. The molecule has 3 aromatic carbocycles. The minimum absolute atomic E-state index is 0.00542. The standard InChI is InChI=1S/C26H26N2O2/c1-18-10-12-21(13-11-18)26(30)28-16-6-9-22-17-23(14-15-24(22)28)25(29)27-19(2)20-7-4-3-5-8-20/h3-5,7-8,10-15,17,19H,6,9,16H2,1-2H3,(H,27,29). The molecule has 1 unspecified atom stereocenters. The largest absolute Gasteiger partial charge is 0.346 e. The minimum atomic E-state index is -0.101. The van der Waals surface area contributed by atoms with Crippen molar-refractivity contribution in [3.05, 3.63) is 101 Å². The van der Waals surface area contributed by atoms with Crippen LogP contribution in [0.2, 0.25) is 0 Å². The molecule has 0 aromatic heterocycles. The first-order valence-corrected chi connectivity index (χ1v) is 10.4. The predicted octanol–water partition coefficient (Wildman–Crippen LogP) is 5.08. The Labute approximate surface area is 177 Å². The maximum Gasteiger partial charge on any atom is 0.258 e. The summed E-state index contributed by atoms with van der Waals surface area (Å²) in [6.07, 6.45) is 1.75. The van der Waals surface area contributed by atoms with Gasteiger partial charge < -0.3 is 10.2 Å². The minimum Gasteiger partial charge on any atom is -0.346 e. The predicted molar refractivity (Wildman–Crippen MR) is 120 cm³/mol. The fraction of sp³-hybridized carbons (Fsp3) is 0.231. The van der Waals surface area contributed by atoms with Crippen LogP contribution in [0.1, 0.15) is 56.8 Å². The molecule has 0 aliphatic carbocycles. The molecule has 0 radical (unpaired) electrons. The molecule has 1 heterocycles. The highest BCUT2D eigenvalue weighted by atomic mass is 16.2. The van der Waals surface area contributed by atoms with Crippen molar-refractivity contribution in [3.8, 4) is 0 Å². The van der Waals surface area contributed by atoms with E-state index in [4.69, 9.17) is 0 Å². The van der Waals surface area contributed by atoms with E-state index in [2.05, 4.69) is 5.32 Å². The highest BCUT2D eigenvalue weighted by molar-refractivity contribution is 6.07. The fourth-order valence-corrected chi connectivity index (χ4v) is 3.91. The zero-order valence-electron chi connectivity index (χ0n) is 17.4. The first kappa shape index (κ1) is 19.9. The van der Waals surface area contributed by atoms with E-state index in [-0.39, 0.29) is 17.9 Å². The number of carbonyl (C=O) groups excluding carboxylic acids is 2. The van der Waals surface area contributed by atoms with Crippen molar-refractivity contribution in [2.24, 2.45) is 0 Å². The molecule has 0 saturated carbocycles. The fourth-order valence-electron chi connectivity index (χ4n) is 3.91. The van der Waals surface area contributed by atoms with Gasteiger partial charge in [0.25, 0.3) is 11.8 Å². The number of aryl methyl sites for hydroxylation is 2. The number of fused-ring (bicyclic) bond motifs is 1. The van der Waals surface area contributed by atoms with Gasteiger partial charge in [0.15, 0.2) is 0 Å². The summed E-state index contributed by atoms with van der Waals surface area (Å²) in [5.41, 5.74) is 5.46. The van der Waals surface area contributed by atoms with Gasteiger partial charge in [0.05, 0.1) is 6.04 Å². The number of benzene rings is 3. The molecule has 1 N–H and O–H groups in total. The maximum atomic E-state index is 13.0. The first-order chi connectivity index (χ1) is 14.5. The molecule has 0 bridgehead atoms. The van der Waals surface area contributed by atoms with E-state index in [9.17, 15) is 9.59 Å². The molecular weight excluding hydrogens is 372 g/mol. The van der Waals surface area contributed by atoms with E-state index in [1.165, 1.54) is 0 Å². The zero-order chi connectivity index (χ0) is 21.1. The molecule has 4 heteroatoms. The van der Waals surface area contributed by atoms with Gasteiger partial charge in [-0.25, -0.2) is 0 Å². The van der Waals surface area contributed by atoms with Gasteiger partial charge in [0, 0.05) is 23.4 Å². The van der Waals surface area contributed by atoms with Crippen molar-refractivity contribution in [2.45, 2.75) is 32.7 Å². The van der Waals surface area contributed by atoms with Crippen molar-refractivity contribution in [1.29, 1.82) is 0 Å². The van der Waals surface area contributed by atoms with E-state index in [1.807, 2.05) is 91.5 Å². The van der Waals surface area contributed by atoms with Crippen molar-refractivity contribution in [1.82, 2.24) is 5.32 Å². The number of nitrogens with zero attached hydrogens (tertiary/aromatic N) is 1. The van der Waals surface area contributed by atoms with Crippen molar-refractivity contribution < 1.29 is 9.59 Å². The summed E-state index contributed by atoms with van der Waals surface area (Å²) in [5, 5.41) is 3.06. The lowest BCUT2D eigenvalue weighted by molar-refractivity contribution is 0.0939. The van der Waals surface area contributed by atoms with E-state index in [0.717, 1.165) is 35.2 Å². The molecule has 1 aliphatic rings. The first-order valence-electron chi connectivity index (χ1n) is 10.4. The van der Waals surface area contributed by atoms with Crippen LogP contribution >= 0.6 is 0 Å². The van der Waals surface area contributed by atoms with Crippen LogP contribution in [0.15, 0.2) is 72.8 Å². The summed E-state index contributed by atoms with van der Waals surface area (Å²) in [6.45, 7) is 4.68. The van der Waals surface area contributed by atoms with Gasteiger partial charge in [0.2, 0.25) is 0 Å². The lowest BCUT2D eigenvalue weighted by Crippen LogP contribution is -2.35. The number of nitrogens with one attached hydrogen (secondary N) is 1. The van der Waals surface area contributed by atoms with Crippen molar-refractivity contribution in [3.63, 3.8) is 0 Å². The quantitative estimate of drug-likeness (QED) is 0.666. The summed E-state index contributed by atoms with van der Waals surface area (Å²) in [5.74, 6) is -0.0954. The molecule has 0 fully saturated rings. The monoisotopic (exact) mass is 398 g/mol. The number of hydrogen-bond acceptors (Lipinski definition) is 2. The molecule has 2 amide bonds. The molecule has 0 spiro atoms. The molecule has 30 heavy (non-hydrogen) atoms. The number of anilines is 1. The van der Waals surface area contributed by atoms with Crippen molar-refractivity contribution >= 4 is 17.5 Å². The summed E-state index contributed by atoms with van der Waals surface area (Å²) in [6, 6.07) is 23.1. The van der Waals surface area contributed by atoms with E-state index in [1.54, 1.807) is 0 Å². The lowest BCUT2D eigenvalue weighted by Gasteiger charge is -2.30. The molecular formula is C26H26N2O2. The second-order valence-corrected chi connectivity index (χ2v) is 7.88. The van der Waals surface area contributed by atoms with E-state index in [0.29, 0.717) is 17.7 Å². The average Bonchev–Trinajstić information content (AvgIpc) is 2.79. The van der Waals surface area contributed by atoms with Crippen molar-refractivity contribution in [2.75, 3.05) is 11.4 Å². The molecule has 152 valence electrons. The smallest absolute Gasteiger partial charge is 0.258 e. The Balaban J connectivity index is 1.53. The second kappa shape index (κ2) is 8.54. The van der Waals surface area contributed by atoms with Gasteiger partial charge in [-0.05, 0) is 68.1 Å². The summed E-state index contributed by atoms with van der Waals surface area (Å²) >= 11 is 0. The normalized spacial score (nSPS) is 14.0. The molecule has 3 aromatic rings. The van der Waals surface area contributed by atoms with Gasteiger partial charge in [-0.2, -0.15) is 0 Å². The summed E-state index contributed by atoms with van der Waals surface area (Å²) in [4.78, 5) is 27.7. The third kappa shape index (κ3) is 4.13. The number of amides is 2. The maximum absolute atomic E-state index is 13.0. The topological polar surface area (TPSA) is 49.4 Å². The SMILES string of the molecule is Cc1ccc(C(=O)N2CCCc3cc(C(=O)NC(C)c4ccccc4)ccc32)cc1. The number of rotatable bonds is 4. The third-order valence-electron chi connectivity index (χ3n) is 5.65. The zero-order valence-corrected chi connectivity index (χ0v) is 17.4. The highest BCUT2D eigenvalue weighted by Crippen LogP contribution is 2.29.